The number of nitrogens with one attached hydrogen (secondary N) is 1. The number of anilines is 3. The molecule has 0 saturated carbocycles. The lowest BCUT2D eigenvalue weighted by Gasteiger charge is -2.40. The molecule has 1 N–H and O–H groups in total. The maximum absolute atomic E-state index is 15.8. The highest BCUT2D eigenvalue weighted by molar-refractivity contribution is 6.09. The van der Waals surface area contributed by atoms with Crippen LogP contribution < -0.4 is 24.8 Å². The second-order valence-corrected chi connectivity index (χ2v) is 12.7. The molecule has 3 aliphatic heterocycles. The van der Waals surface area contributed by atoms with E-state index in [0.29, 0.717) is 32.1 Å². The van der Waals surface area contributed by atoms with Crippen LogP contribution in [-0.4, -0.2) is 101 Å². The largest absolute Gasteiger partial charge is 0.490 e. The van der Waals surface area contributed by atoms with Gasteiger partial charge in [0, 0.05) is 117 Å². The fourth-order valence-electron chi connectivity index (χ4n) is 7.13. The fraction of sp³-hybridized carbons (Fsp3) is 0.455. The molecular weight excluding hydrogens is 635 g/mol. The molecular formula is C33H39FN10O5. The summed E-state index contributed by atoms with van der Waals surface area (Å²) in [7, 11) is 3.23. The molecule has 15 nitrogen and oxygen atoms in total. The molecule has 4 aromatic rings. The van der Waals surface area contributed by atoms with Gasteiger partial charge in [-0.05, 0) is 30.9 Å². The second-order valence-electron chi connectivity index (χ2n) is 12.7. The lowest BCUT2D eigenvalue weighted by atomic mass is 9.94. The van der Waals surface area contributed by atoms with Crippen LogP contribution in [0.4, 0.5) is 32.1 Å². The molecule has 3 saturated heterocycles. The molecule has 3 fully saturated rings. The van der Waals surface area contributed by atoms with Gasteiger partial charge in [0.05, 0.1) is 29.4 Å². The minimum Gasteiger partial charge on any atom is -0.490 e. The normalized spacial score (nSPS) is 19.2. The topological polar surface area (TPSA) is 147 Å². The van der Waals surface area contributed by atoms with Crippen molar-refractivity contribution in [2.24, 2.45) is 19.9 Å². The summed E-state index contributed by atoms with van der Waals surface area (Å²) in [6.45, 7) is 2.15. The number of ether oxygens (including phenoxy) is 1. The van der Waals surface area contributed by atoms with Crippen molar-refractivity contribution >= 4 is 45.7 Å². The number of fused-ring (bicyclic) bond motifs is 1. The summed E-state index contributed by atoms with van der Waals surface area (Å²) in [6.07, 6.45) is 5.39. The lowest BCUT2D eigenvalue weighted by molar-refractivity contribution is -0.385. The molecule has 0 radical (unpaired) electrons. The number of aryl methyl sites for hydroxylation is 2. The van der Waals surface area contributed by atoms with Gasteiger partial charge in [0.1, 0.15) is 5.82 Å². The number of hydrogen-bond acceptors (Lipinski definition) is 10. The highest BCUT2D eigenvalue weighted by Crippen LogP contribution is 2.41. The lowest BCUT2D eigenvalue weighted by Crippen LogP contribution is -2.49. The van der Waals surface area contributed by atoms with Gasteiger partial charge in [0.25, 0.3) is 0 Å². The van der Waals surface area contributed by atoms with Crippen LogP contribution in [-0.2, 0) is 18.8 Å². The van der Waals surface area contributed by atoms with Crippen molar-refractivity contribution in [1.82, 2.24) is 29.8 Å². The molecule has 2 aromatic carbocycles. The first-order chi connectivity index (χ1) is 24.8. The summed E-state index contributed by atoms with van der Waals surface area (Å²) >= 11 is 0. The van der Waals surface area contributed by atoms with Crippen molar-refractivity contribution in [2.75, 3.05) is 74.2 Å². The second kappa shape index (κ2) is 13.0. The van der Waals surface area contributed by atoms with E-state index in [1.165, 1.54) is 19.2 Å². The molecule has 49 heavy (non-hydrogen) atoms. The molecule has 3 aliphatic rings. The summed E-state index contributed by atoms with van der Waals surface area (Å²) in [5, 5.41) is 22.6. The summed E-state index contributed by atoms with van der Waals surface area (Å²) in [5.41, 5.74) is 2.71. The molecule has 3 amide bonds. The molecule has 258 valence electrons. The number of piperidine rings is 1. The van der Waals surface area contributed by atoms with Crippen molar-refractivity contribution in [3.8, 4) is 16.9 Å². The fourth-order valence-corrected chi connectivity index (χ4v) is 7.13. The van der Waals surface area contributed by atoms with E-state index in [1.807, 2.05) is 11.1 Å². The molecule has 7 rings (SSSR count). The van der Waals surface area contributed by atoms with Crippen LogP contribution in [0.3, 0.4) is 0 Å². The van der Waals surface area contributed by atoms with Crippen LogP contribution in [0.1, 0.15) is 23.4 Å². The number of nitro benzene ring substituents is 1. The van der Waals surface area contributed by atoms with Crippen molar-refractivity contribution in [3.63, 3.8) is 0 Å². The quantitative estimate of drug-likeness (QED) is 0.217. The molecule has 0 spiro atoms. The van der Waals surface area contributed by atoms with E-state index in [9.17, 15) is 19.7 Å². The maximum Gasteiger partial charge on any atom is 0.329 e. The Morgan fingerprint density at radius 2 is 1.82 bits per heavy atom. The molecule has 0 atom stereocenters. The SMILES string of the molecule is [2H]C([2H])([2H])n1nc(N2CCC(=O)NC2=O)c2cc(F)c(N3CCN(CC4CCN(c5cc(OC)c([N+](=O)[O-])cc5-c5cnn(C)c5)CC4)CC3)cc21. The van der Waals surface area contributed by atoms with E-state index in [2.05, 4.69) is 25.3 Å². The Kier molecular flexibility index (Phi) is 7.62. The van der Waals surface area contributed by atoms with Crippen LogP contribution in [0.2, 0.25) is 0 Å². The summed E-state index contributed by atoms with van der Waals surface area (Å²) in [4.78, 5) is 43.3. The minimum atomic E-state index is -2.69. The number of carbonyl (C=O) groups excluding carboxylic acids is 2. The van der Waals surface area contributed by atoms with Crippen molar-refractivity contribution in [2.45, 2.75) is 19.3 Å². The predicted molar refractivity (Wildman–Crippen MR) is 182 cm³/mol. The number of methoxy groups -OCH3 is 1. The van der Waals surface area contributed by atoms with Crippen LogP contribution in [0.25, 0.3) is 22.0 Å². The van der Waals surface area contributed by atoms with Crippen LogP contribution in [0, 0.1) is 21.8 Å². The molecule has 0 unspecified atom stereocenters. The Labute approximate surface area is 286 Å². The van der Waals surface area contributed by atoms with Gasteiger partial charge >= 0.3 is 11.7 Å². The first-order valence-corrected chi connectivity index (χ1v) is 16.2. The van der Waals surface area contributed by atoms with Gasteiger partial charge < -0.3 is 14.5 Å². The van der Waals surface area contributed by atoms with Crippen LogP contribution >= 0.6 is 0 Å². The smallest absolute Gasteiger partial charge is 0.329 e. The third-order valence-corrected chi connectivity index (χ3v) is 9.73. The van der Waals surface area contributed by atoms with E-state index in [1.54, 1.807) is 30.1 Å². The van der Waals surface area contributed by atoms with E-state index >= 15 is 4.39 Å². The molecule has 5 heterocycles. The zero-order valence-corrected chi connectivity index (χ0v) is 27.3. The number of urea groups is 1. The van der Waals surface area contributed by atoms with Gasteiger partial charge in [-0.2, -0.15) is 10.2 Å². The summed E-state index contributed by atoms with van der Waals surface area (Å²) in [6, 6.07) is 5.28. The Balaban J connectivity index is 1.02. The number of rotatable bonds is 8. The number of benzene rings is 2. The standard InChI is InChI=1S/C33H39FN10O5/c1-38-20-22(18-35-38)23-15-29(44(47)48)30(49-3)17-27(23)41-7-4-21(5-8-41)19-40-10-12-42(13-11-40)28-16-26-24(14-25(28)34)32(37-39(26)2)43-9-6-31(45)36-33(43)46/h14-18,20-21H,4-13,19H2,1-3H3,(H,36,45,46)/i2D3. The number of hydrogen-bond donors (Lipinski definition) is 1. The van der Waals surface area contributed by atoms with Gasteiger partial charge in [0.2, 0.25) is 5.91 Å². The average molecular weight is 678 g/mol. The summed E-state index contributed by atoms with van der Waals surface area (Å²) in [5.74, 6) is -0.386. The van der Waals surface area contributed by atoms with E-state index in [0.717, 1.165) is 58.9 Å². The number of halogens is 1. The van der Waals surface area contributed by atoms with Gasteiger partial charge in [-0.15, -0.1) is 0 Å². The maximum atomic E-state index is 15.8. The molecule has 0 aliphatic carbocycles. The van der Waals surface area contributed by atoms with Gasteiger partial charge in [0.15, 0.2) is 11.6 Å². The Bertz CT molecular complexity index is 2040. The van der Waals surface area contributed by atoms with Crippen molar-refractivity contribution < 1.29 is 27.8 Å². The number of amides is 3. The first-order valence-electron chi connectivity index (χ1n) is 17.7. The summed E-state index contributed by atoms with van der Waals surface area (Å²) < 4.78 is 47.8. The first kappa shape index (κ1) is 28.7. The third kappa shape index (κ3) is 6.23. The number of nitro groups is 1. The monoisotopic (exact) mass is 677 g/mol. The van der Waals surface area contributed by atoms with E-state index < -0.39 is 29.7 Å². The number of piperazine rings is 1. The molecule has 0 bridgehead atoms. The van der Waals surface area contributed by atoms with Gasteiger partial charge in [-0.25, -0.2) is 9.18 Å². The van der Waals surface area contributed by atoms with E-state index in [4.69, 9.17) is 8.85 Å². The minimum absolute atomic E-state index is 0.000363. The molecule has 2 aromatic heterocycles. The Hall–Kier alpha value is -5.25. The number of imide groups is 1. The number of aromatic nitrogens is 4. The highest BCUT2D eigenvalue weighted by atomic mass is 19.1. The Morgan fingerprint density at radius 1 is 1.06 bits per heavy atom. The van der Waals surface area contributed by atoms with Gasteiger partial charge in [-0.3, -0.25) is 39.4 Å². The van der Waals surface area contributed by atoms with Gasteiger partial charge in [-0.1, -0.05) is 0 Å². The zero-order valence-electron chi connectivity index (χ0n) is 30.3. The van der Waals surface area contributed by atoms with Crippen LogP contribution in [0.15, 0.2) is 36.7 Å². The van der Waals surface area contributed by atoms with Crippen molar-refractivity contribution in [1.29, 1.82) is 0 Å². The Morgan fingerprint density at radius 3 is 2.47 bits per heavy atom. The highest BCUT2D eigenvalue weighted by Gasteiger charge is 2.31. The average Bonchev–Trinajstić information content (AvgIpc) is 3.71. The molecule has 16 heteroatoms. The predicted octanol–water partition coefficient (Wildman–Crippen LogP) is 3.51. The zero-order chi connectivity index (χ0) is 36.9. The van der Waals surface area contributed by atoms with Crippen molar-refractivity contribution in [3.05, 3.63) is 52.6 Å². The number of carbonyl (C=O) groups is 2. The third-order valence-electron chi connectivity index (χ3n) is 9.73. The van der Waals surface area contributed by atoms with Crippen LogP contribution in [0.5, 0.6) is 5.75 Å². The van der Waals surface area contributed by atoms with E-state index in [-0.39, 0.29) is 46.8 Å². The number of nitrogens with zero attached hydrogens (tertiary/aromatic N) is 9.